The third-order valence-electron chi connectivity index (χ3n) is 1.75. The van der Waals surface area contributed by atoms with Crippen molar-refractivity contribution in [3.8, 4) is 0 Å². The van der Waals surface area contributed by atoms with Crippen molar-refractivity contribution in [1.82, 2.24) is 5.32 Å². The standard InChI is InChI=1S/C9H15NO3/c1-2-9(11)10-7-12-5-3-4-8-6-13-8/h2,8H,1,3-7H2,(H,10,11). The Bertz CT molecular complexity index is 178. The largest absolute Gasteiger partial charge is 0.373 e. The molecule has 1 amide bonds. The lowest BCUT2D eigenvalue weighted by Crippen LogP contribution is -2.24. The molecule has 0 aliphatic carbocycles. The molecule has 0 aromatic rings. The van der Waals surface area contributed by atoms with Gasteiger partial charge in [-0.3, -0.25) is 4.79 Å². The SMILES string of the molecule is C=CC(=O)NCOCCCC1CO1. The number of carbonyl (C=O) groups is 1. The van der Waals surface area contributed by atoms with Gasteiger partial charge >= 0.3 is 0 Å². The maximum atomic E-state index is 10.6. The summed E-state index contributed by atoms with van der Waals surface area (Å²) in [6, 6.07) is 0. The number of carbonyl (C=O) groups excluding carboxylic acids is 1. The van der Waals surface area contributed by atoms with Crippen LogP contribution in [0.1, 0.15) is 12.8 Å². The van der Waals surface area contributed by atoms with Crippen LogP contribution in [0.2, 0.25) is 0 Å². The van der Waals surface area contributed by atoms with Gasteiger partial charge in [-0.1, -0.05) is 6.58 Å². The van der Waals surface area contributed by atoms with Crippen LogP contribution in [0.5, 0.6) is 0 Å². The van der Waals surface area contributed by atoms with Crippen LogP contribution < -0.4 is 5.32 Å². The molecule has 0 radical (unpaired) electrons. The lowest BCUT2D eigenvalue weighted by Gasteiger charge is -2.03. The number of amides is 1. The summed E-state index contributed by atoms with van der Waals surface area (Å²) in [6.07, 6.45) is 3.72. The van der Waals surface area contributed by atoms with E-state index >= 15 is 0 Å². The number of epoxide rings is 1. The van der Waals surface area contributed by atoms with E-state index in [2.05, 4.69) is 11.9 Å². The minimum atomic E-state index is -0.203. The van der Waals surface area contributed by atoms with Crippen LogP contribution in [-0.4, -0.2) is 32.0 Å². The first-order valence-corrected chi connectivity index (χ1v) is 4.42. The molecule has 1 fully saturated rings. The molecule has 13 heavy (non-hydrogen) atoms. The molecule has 1 atom stereocenters. The average Bonchev–Trinajstić information content (AvgIpc) is 2.94. The highest BCUT2D eigenvalue weighted by molar-refractivity contribution is 5.86. The van der Waals surface area contributed by atoms with Gasteiger partial charge < -0.3 is 14.8 Å². The molecule has 1 saturated heterocycles. The summed E-state index contributed by atoms with van der Waals surface area (Å²) in [5.41, 5.74) is 0. The number of hydrogen-bond donors (Lipinski definition) is 1. The highest BCUT2D eigenvalue weighted by atomic mass is 16.6. The van der Waals surface area contributed by atoms with Gasteiger partial charge in [-0.15, -0.1) is 0 Å². The van der Waals surface area contributed by atoms with E-state index in [0.29, 0.717) is 12.7 Å². The van der Waals surface area contributed by atoms with Crippen LogP contribution in [0.25, 0.3) is 0 Å². The van der Waals surface area contributed by atoms with E-state index in [0.717, 1.165) is 19.4 Å². The molecule has 4 nitrogen and oxygen atoms in total. The van der Waals surface area contributed by atoms with Gasteiger partial charge in [0, 0.05) is 6.61 Å². The molecule has 0 aromatic heterocycles. The van der Waals surface area contributed by atoms with E-state index in [9.17, 15) is 4.79 Å². The second-order valence-corrected chi connectivity index (χ2v) is 2.90. The summed E-state index contributed by atoms with van der Waals surface area (Å²) < 4.78 is 10.2. The molecule has 0 spiro atoms. The van der Waals surface area contributed by atoms with E-state index < -0.39 is 0 Å². The predicted molar refractivity (Wildman–Crippen MR) is 48.1 cm³/mol. The fourth-order valence-corrected chi connectivity index (χ4v) is 0.914. The zero-order valence-corrected chi connectivity index (χ0v) is 7.62. The summed E-state index contributed by atoms with van der Waals surface area (Å²) in [7, 11) is 0. The number of ether oxygens (including phenoxy) is 2. The average molecular weight is 185 g/mol. The summed E-state index contributed by atoms with van der Waals surface area (Å²) in [6.45, 7) is 5.14. The second-order valence-electron chi connectivity index (χ2n) is 2.90. The molecule has 1 aliphatic rings. The molecule has 1 N–H and O–H groups in total. The van der Waals surface area contributed by atoms with Crippen molar-refractivity contribution in [3.05, 3.63) is 12.7 Å². The van der Waals surface area contributed by atoms with Crippen molar-refractivity contribution < 1.29 is 14.3 Å². The maximum absolute atomic E-state index is 10.6. The fourth-order valence-electron chi connectivity index (χ4n) is 0.914. The van der Waals surface area contributed by atoms with E-state index in [4.69, 9.17) is 9.47 Å². The Balaban J connectivity index is 1.77. The van der Waals surface area contributed by atoms with Crippen molar-refractivity contribution in [2.24, 2.45) is 0 Å². The Morgan fingerprint density at radius 2 is 2.54 bits per heavy atom. The number of nitrogens with one attached hydrogen (secondary N) is 1. The van der Waals surface area contributed by atoms with Gasteiger partial charge in [-0.25, -0.2) is 0 Å². The molecule has 74 valence electrons. The van der Waals surface area contributed by atoms with Crippen LogP contribution in [0.4, 0.5) is 0 Å². The fraction of sp³-hybridized carbons (Fsp3) is 0.667. The first kappa shape index (κ1) is 10.2. The molecule has 0 aromatic carbocycles. The Labute approximate surface area is 77.9 Å². The molecule has 1 rings (SSSR count). The molecule has 1 unspecified atom stereocenters. The van der Waals surface area contributed by atoms with Crippen LogP contribution in [0.3, 0.4) is 0 Å². The zero-order valence-electron chi connectivity index (χ0n) is 7.62. The molecule has 4 heteroatoms. The summed E-state index contributed by atoms with van der Waals surface area (Å²) in [5, 5.41) is 2.53. The molecule has 1 heterocycles. The summed E-state index contributed by atoms with van der Waals surface area (Å²) in [4.78, 5) is 10.6. The van der Waals surface area contributed by atoms with Gasteiger partial charge in [0.2, 0.25) is 5.91 Å². The third-order valence-corrected chi connectivity index (χ3v) is 1.75. The topological polar surface area (TPSA) is 50.9 Å². The molecule has 1 aliphatic heterocycles. The van der Waals surface area contributed by atoms with Gasteiger partial charge in [0.05, 0.1) is 12.7 Å². The van der Waals surface area contributed by atoms with Crippen LogP contribution >= 0.6 is 0 Å². The van der Waals surface area contributed by atoms with Gasteiger partial charge in [0.1, 0.15) is 6.73 Å². The third kappa shape index (κ3) is 5.38. The van der Waals surface area contributed by atoms with Crippen molar-refractivity contribution in [2.45, 2.75) is 18.9 Å². The van der Waals surface area contributed by atoms with Gasteiger partial charge in [-0.05, 0) is 18.9 Å². The quantitative estimate of drug-likeness (QED) is 0.271. The normalized spacial score (nSPS) is 19.5. The second kappa shape index (κ2) is 5.72. The maximum Gasteiger partial charge on any atom is 0.245 e. The van der Waals surface area contributed by atoms with Crippen molar-refractivity contribution in [2.75, 3.05) is 19.9 Å². The van der Waals surface area contributed by atoms with E-state index in [1.165, 1.54) is 6.08 Å². The minimum Gasteiger partial charge on any atom is -0.373 e. The monoisotopic (exact) mass is 185 g/mol. The summed E-state index contributed by atoms with van der Waals surface area (Å²) >= 11 is 0. The van der Waals surface area contributed by atoms with Crippen LogP contribution in [0, 0.1) is 0 Å². The van der Waals surface area contributed by atoms with Gasteiger partial charge in [0.25, 0.3) is 0 Å². The van der Waals surface area contributed by atoms with Crippen molar-refractivity contribution in [3.63, 3.8) is 0 Å². The Morgan fingerprint density at radius 1 is 1.77 bits per heavy atom. The Kier molecular flexibility index (Phi) is 4.49. The first-order chi connectivity index (χ1) is 6.33. The first-order valence-electron chi connectivity index (χ1n) is 4.42. The smallest absolute Gasteiger partial charge is 0.245 e. The zero-order chi connectivity index (χ0) is 9.52. The highest BCUT2D eigenvalue weighted by Crippen LogP contribution is 2.14. The number of hydrogen-bond acceptors (Lipinski definition) is 3. The predicted octanol–water partition coefficient (Wildman–Crippen LogP) is 0.442. The Hall–Kier alpha value is -0.870. The lowest BCUT2D eigenvalue weighted by atomic mass is 10.3. The highest BCUT2D eigenvalue weighted by Gasteiger charge is 2.20. The Morgan fingerprint density at radius 3 is 3.15 bits per heavy atom. The molecular formula is C9H15NO3. The molecule has 0 bridgehead atoms. The van der Waals surface area contributed by atoms with E-state index in [1.807, 2.05) is 0 Å². The van der Waals surface area contributed by atoms with Gasteiger partial charge in [0.15, 0.2) is 0 Å². The number of rotatable bonds is 7. The lowest BCUT2D eigenvalue weighted by molar-refractivity contribution is -0.118. The minimum absolute atomic E-state index is 0.203. The van der Waals surface area contributed by atoms with Crippen molar-refractivity contribution in [1.29, 1.82) is 0 Å². The molecule has 0 saturated carbocycles. The van der Waals surface area contributed by atoms with Crippen LogP contribution in [0.15, 0.2) is 12.7 Å². The van der Waals surface area contributed by atoms with E-state index in [1.54, 1.807) is 0 Å². The molecular weight excluding hydrogens is 170 g/mol. The van der Waals surface area contributed by atoms with Crippen molar-refractivity contribution >= 4 is 5.91 Å². The van der Waals surface area contributed by atoms with Gasteiger partial charge in [-0.2, -0.15) is 0 Å². The summed E-state index contributed by atoms with van der Waals surface area (Å²) in [5.74, 6) is -0.203. The van der Waals surface area contributed by atoms with E-state index in [-0.39, 0.29) is 12.6 Å². The van der Waals surface area contributed by atoms with Crippen LogP contribution in [-0.2, 0) is 14.3 Å².